The quantitative estimate of drug-likeness (QED) is 0.593. The number of unbranched alkanes of at least 4 members (excludes halogenated alkanes) is 4. The SMILES string of the molecule is CCCCCC[C@H]1CCC[C@H](CCCC)N1. The van der Waals surface area contributed by atoms with E-state index < -0.39 is 0 Å². The van der Waals surface area contributed by atoms with E-state index in [1.807, 2.05) is 0 Å². The number of nitrogens with one attached hydrogen (secondary N) is 1. The molecule has 96 valence electrons. The molecule has 1 nitrogen and oxygen atoms in total. The van der Waals surface area contributed by atoms with Crippen molar-refractivity contribution in [3.63, 3.8) is 0 Å². The van der Waals surface area contributed by atoms with Gasteiger partial charge in [0.15, 0.2) is 0 Å². The third-order valence-corrected chi connectivity index (χ3v) is 3.89. The molecule has 1 fully saturated rings. The van der Waals surface area contributed by atoms with Crippen LogP contribution in [0, 0.1) is 0 Å². The van der Waals surface area contributed by atoms with Crippen molar-refractivity contribution in [3.8, 4) is 0 Å². The van der Waals surface area contributed by atoms with E-state index in [0.717, 1.165) is 12.1 Å². The van der Waals surface area contributed by atoms with Crippen molar-refractivity contribution in [3.05, 3.63) is 0 Å². The van der Waals surface area contributed by atoms with Crippen molar-refractivity contribution >= 4 is 0 Å². The molecule has 16 heavy (non-hydrogen) atoms. The highest BCUT2D eigenvalue weighted by molar-refractivity contribution is 4.80. The molecule has 1 rings (SSSR count). The molecule has 1 heterocycles. The molecule has 0 aromatic carbocycles. The molecule has 0 saturated carbocycles. The van der Waals surface area contributed by atoms with Gasteiger partial charge in [-0.1, -0.05) is 58.8 Å². The minimum absolute atomic E-state index is 0.838. The number of hydrogen-bond acceptors (Lipinski definition) is 1. The Labute approximate surface area is 102 Å². The zero-order valence-electron chi connectivity index (χ0n) is 11.4. The summed E-state index contributed by atoms with van der Waals surface area (Å²) in [7, 11) is 0. The van der Waals surface area contributed by atoms with Gasteiger partial charge in [-0.25, -0.2) is 0 Å². The van der Waals surface area contributed by atoms with Gasteiger partial charge in [-0.15, -0.1) is 0 Å². The predicted octanol–water partition coefficient (Wildman–Crippen LogP) is 4.66. The maximum absolute atomic E-state index is 3.87. The van der Waals surface area contributed by atoms with Crippen LogP contribution >= 0.6 is 0 Å². The minimum Gasteiger partial charge on any atom is -0.311 e. The summed E-state index contributed by atoms with van der Waals surface area (Å²) in [5, 5.41) is 3.87. The van der Waals surface area contributed by atoms with Gasteiger partial charge in [-0.05, 0) is 25.7 Å². The van der Waals surface area contributed by atoms with Gasteiger partial charge >= 0.3 is 0 Å². The molecule has 2 atom stereocenters. The summed E-state index contributed by atoms with van der Waals surface area (Å²) in [5.41, 5.74) is 0. The molecule has 0 unspecified atom stereocenters. The van der Waals surface area contributed by atoms with Crippen LogP contribution < -0.4 is 5.32 Å². The monoisotopic (exact) mass is 225 g/mol. The normalized spacial score (nSPS) is 25.9. The molecular weight excluding hydrogens is 194 g/mol. The lowest BCUT2D eigenvalue weighted by Crippen LogP contribution is -2.42. The van der Waals surface area contributed by atoms with Gasteiger partial charge in [0.25, 0.3) is 0 Å². The highest BCUT2D eigenvalue weighted by Gasteiger charge is 2.19. The first-order valence-electron chi connectivity index (χ1n) is 7.62. The van der Waals surface area contributed by atoms with E-state index in [1.54, 1.807) is 0 Å². The maximum atomic E-state index is 3.87. The van der Waals surface area contributed by atoms with E-state index >= 15 is 0 Å². The molecule has 0 radical (unpaired) electrons. The lowest BCUT2D eigenvalue weighted by molar-refractivity contribution is 0.287. The molecule has 0 bridgehead atoms. The van der Waals surface area contributed by atoms with Gasteiger partial charge in [-0.2, -0.15) is 0 Å². The Morgan fingerprint density at radius 3 is 2.06 bits per heavy atom. The van der Waals surface area contributed by atoms with Crippen LogP contribution in [0.1, 0.15) is 84.5 Å². The zero-order chi connectivity index (χ0) is 11.6. The van der Waals surface area contributed by atoms with Crippen LogP contribution in [0.15, 0.2) is 0 Å². The van der Waals surface area contributed by atoms with Crippen LogP contribution in [-0.4, -0.2) is 12.1 Å². The lowest BCUT2D eigenvalue weighted by Gasteiger charge is -2.31. The second-order valence-electron chi connectivity index (χ2n) is 5.48. The van der Waals surface area contributed by atoms with E-state index in [-0.39, 0.29) is 0 Å². The van der Waals surface area contributed by atoms with Crippen molar-refractivity contribution in [2.24, 2.45) is 0 Å². The van der Waals surface area contributed by atoms with Gasteiger partial charge in [0.1, 0.15) is 0 Å². The summed E-state index contributed by atoms with van der Waals surface area (Å²) in [4.78, 5) is 0. The second-order valence-corrected chi connectivity index (χ2v) is 5.48. The summed E-state index contributed by atoms with van der Waals surface area (Å²) in [5.74, 6) is 0. The molecule has 1 N–H and O–H groups in total. The van der Waals surface area contributed by atoms with Crippen LogP contribution in [0.3, 0.4) is 0 Å². The Morgan fingerprint density at radius 2 is 1.44 bits per heavy atom. The Balaban J connectivity index is 2.07. The van der Waals surface area contributed by atoms with Gasteiger partial charge in [-0.3, -0.25) is 0 Å². The molecule has 0 aromatic rings. The van der Waals surface area contributed by atoms with Crippen LogP contribution in [0.4, 0.5) is 0 Å². The van der Waals surface area contributed by atoms with E-state index in [0.29, 0.717) is 0 Å². The van der Waals surface area contributed by atoms with Crippen molar-refractivity contribution in [1.29, 1.82) is 0 Å². The Morgan fingerprint density at radius 1 is 0.812 bits per heavy atom. The second kappa shape index (κ2) is 9.04. The molecule has 0 aliphatic carbocycles. The fourth-order valence-corrected chi connectivity index (χ4v) is 2.83. The molecule has 0 amide bonds. The molecule has 0 spiro atoms. The summed E-state index contributed by atoms with van der Waals surface area (Å²) < 4.78 is 0. The molecule has 1 heteroatoms. The number of piperidine rings is 1. The van der Waals surface area contributed by atoms with E-state index in [4.69, 9.17) is 0 Å². The summed E-state index contributed by atoms with van der Waals surface area (Å²) >= 11 is 0. The number of hydrogen-bond donors (Lipinski definition) is 1. The summed E-state index contributed by atoms with van der Waals surface area (Å²) in [6.07, 6.45) is 15.5. The first kappa shape index (κ1) is 14.0. The van der Waals surface area contributed by atoms with Crippen molar-refractivity contribution < 1.29 is 0 Å². The fraction of sp³-hybridized carbons (Fsp3) is 1.00. The molecule has 1 aliphatic heterocycles. The van der Waals surface area contributed by atoms with Crippen LogP contribution in [0.5, 0.6) is 0 Å². The average molecular weight is 225 g/mol. The first-order valence-corrected chi connectivity index (χ1v) is 7.62. The molecular formula is C15H31N. The summed E-state index contributed by atoms with van der Waals surface area (Å²) in [6, 6.07) is 1.68. The van der Waals surface area contributed by atoms with Crippen LogP contribution in [0.25, 0.3) is 0 Å². The lowest BCUT2D eigenvalue weighted by atomic mass is 9.92. The fourth-order valence-electron chi connectivity index (χ4n) is 2.83. The average Bonchev–Trinajstić information content (AvgIpc) is 2.33. The Kier molecular flexibility index (Phi) is 7.92. The van der Waals surface area contributed by atoms with Crippen LogP contribution in [0.2, 0.25) is 0 Å². The highest BCUT2D eigenvalue weighted by atomic mass is 15.0. The predicted molar refractivity (Wildman–Crippen MR) is 72.8 cm³/mol. The highest BCUT2D eigenvalue weighted by Crippen LogP contribution is 2.20. The van der Waals surface area contributed by atoms with E-state index in [2.05, 4.69) is 19.2 Å². The third kappa shape index (κ3) is 5.89. The molecule has 1 saturated heterocycles. The van der Waals surface area contributed by atoms with Crippen molar-refractivity contribution in [2.75, 3.05) is 0 Å². The topological polar surface area (TPSA) is 12.0 Å². The van der Waals surface area contributed by atoms with E-state index in [1.165, 1.54) is 70.6 Å². The van der Waals surface area contributed by atoms with Crippen molar-refractivity contribution in [1.82, 2.24) is 5.32 Å². The standard InChI is InChI=1S/C15H31N/c1-3-5-7-8-11-15-13-9-12-14(16-15)10-6-4-2/h14-16H,3-13H2,1-2H3/t14-,15-/m0/s1. The van der Waals surface area contributed by atoms with Gasteiger partial charge in [0.05, 0.1) is 0 Å². The Bertz CT molecular complexity index is 156. The smallest absolute Gasteiger partial charge is 0.00696 e. The van der Waals surface area contributed by atoms with Crippen LogP contribution in [-0.2, 0) is 0 Å². The Hall–Kier alpha value is -0.0400. The largest absolute Gasteiger partial charge is 0.311 e. The van der Waals surface area contributed by atoms with E-state index in [9.17, 15) is 0 Å². The van der Waals surface area contributed by atoms with Gasteiger partial charge in [0.2, 0.25) is 0 Å². The van der Waals surface area contributed by atoms with Gasteiger partial charge in [0, 0.05) is 12.1 Å². The third-order valence-electron chi connectivity index (χ3n) is 3.89. The first-order chi connectivity index (χ1) is 7.86. The number of rotatable bonds is 8. The maximum Gasteiger partial charge on any atom is 0.00696 e. The molecule has 1 aliphatic rings. The van der Waals surface area contributed by atoms with Crippen molar-refractivity contribution in [2.45, 2.75) is 96.6 Å². The minimum atomic E-state index is 0.838. The summed E-state index contributed by atoms with van der Waals surface area (Å²) in [6.45, 7) is 4.59. The van der Waals surface area contributed by atoms with Gasteiger partial charge < -0.3 is 5.32 Å². The molecule has 0 aromatic heterocycles. The zero-order valence-corrected chi connectivity index (χ0v) is 11.4.